The molecule has 18 heavy (non-hydrogen) atoms. The summed E-state index contributed by atoms with van der Waals surface area (Å²) < 4.78 is 5.32. The first kappa shape index (κ1) is 15.3. The number of aliphatic hydroxyl groups is 1. The Kier molecular flexibility index (Phi) is 4.31. The van der Waals surface area contributed by atoms with Crippen molar-refractivity contribution in [3.63, 3.8) is 0 Å². The summed E-state index contributed by atoms with van der Waals surface area (Å²) in [5.41, 5.74) is -0.320. The van der Waals surface area contributed by atoms with E-state index in [2.05, 4.69) is 20.8 Å². The first-order valence-electron chi connectivity index (χ1n) is 6.64. The Morgan fingerprint density at radius 2 is 1.78 bits per heavy atom. The van der Waals surface area contributed by atoms with Crippen LogP contribution in [0.2, 0.25) is 0 Å². The average Bonchev–Trinajstić information content (AvgIpc) is 2.42. The number of hydrogen-bond acceptors (Lipinski definition) is 3. The predicted octanol–water partition coefficient (Wildman–Crippen LogP) is 2.65. The number of rotatable bonds is 1. The summed E-state index contributed by atoms with van der Waals surface area (Å²) in [5, 5.41) is 10.0. The second kappa shape index (κ2) is 5.08. The van der Waals surface area contributed by atoms with Gasteiger partial charge >= 0.3 is 6.09 Å². The van der Waals surface area contributed by atoms with Gasteiger partial charge in [-0.1, -0.05) is 20.8 Å². The molecule has 4 nitrogen and oxygen atoms in total. The molecule has 4 heteroatoms. The van der Waals surface area contributed by atoms with E-state index in [4.69, 9.17) is 4.74 Å². The number of likely N-dealkylation sites (tertiary alicyclic amines) is 1. The molecule has 0 saturated carbocycles. The van der Waals surface area contributed by atoms with Gasteiger partial charge in [-0.05, 0) is 32.6 Å². The molecule has 0 aromatic heterocycles. The van der Waals surface area contributed by atoms with Crippen LogP contribution in [-0.4, -0.2) is 40.9 Å². The number of aliphatic hydroxyl groups excluding tert-OH is 1. The molecule has 0 radical (unpaired) electrons. The number of β-amino-alcohol motifs (C(OH)–C–C–N with tert-alkyl or cyclic N) is 1. The Balaban J connectivity index is 2.56. The van der Waals surface area contributed by atoms with E-state index in [0.717, 1.165) is 6.42 Å². The normalized spacial score (nSPS) is 25.4. The molecule has 1 amide bonds. The van der Waals surface area contributed by atoms with Gasteiger partial charge in [-0.25, -0.2) is 4.79 Å². The number of hydrogen-bond donors (Lipinski definition) is 1. The molecule has 1 aliphatic heterocycles. The van der Waals surface area contributed by atoms with Crippen molar-refractivity contribution in [2.45, 2.75) is 59.7 Å². The number of carbonyl (C=O) groups is 1. The van der Waals surface area contributed by atoms with Gasteiger partial charge in [-0.15, -0.1) is 0 Å². The smallest absolute Gasteiger partial charge is 0.410 e. The van der Waals surface area contributed by atoms with Gasteiger partial charge in [0.05, 0.1) is 12.6 Å². The molecule has 0 aliphatic carbocycles. The molecule has 0 bridgehead atoms. The lowest BCUT2D eigenvalue weighted by molar-refractivity contribution is 0.0269. The summed E-state index contributed by atoms with van der Waals surface area (Å²) in [4.78, 5) is 13.5. The molecule has 0 unspecified atom stereocenters. The van der Waals surface area contributed by atoms with Gasteiger partial charge in [-0.2, -0.15) is 0 Å². The fourth-order valence-corrected chi connectivity index (χ4v) is 2.32. The van der Waals surface area contributed by atoms with Crippen molar-refractivity contribution in [1.82, 2.24) is 4.90 Å². The van der Waals surface area contributed by atoms with E-state index in [9.17, 15) is 9.90 Å². The lowest BCUT2D eigenvalue weighted by atomic mass is 9.83. The Bertz CT molecular complexity index is 301. The molecule has 0 aromatic rings. The summed E-state index contributed by atoms with van der Waals surface area (Å²) in [6, 6.07) is 0. The molecule has 1 N–H and O–H groups in total. The van der Waals surface area contributed by atoms with E-state index in [0.29, 0.717) is 13.1 Å². The van der Waals surface area contributed by atoms with E-state index in [1.54, 1.807) is 4.90 Å². The van der Waals surface area contributed by atoms with Gasteiger partial charge in [0, 0.05) is 12.5 Å². The van der Waals surface area contributed by atoms with Crippen molar-refractivity contribution in [2.24, 2.45) is 11.3 Å². The highest BCUT2D eigenvalue weighted by Crippen LogP contribution is 2.31. The molecular weight excluding hydrogens is 230 g/mol. The van der Waals surface area contributed by atoms with Crippen molar-refractivity contribution in [1.29, 1.82) is 0 Å². The third-order valence-corrected chi connectivity index (χ3v) is 2.93. The van der Waals surface area contributed by atoms with Crippen molar-refractivity contribution < 1.29 is 14.6 Å². The van der Waals surface area contributed by atoms with Gasteiger partial charge in [0.1, 0.15) is 5.60 Å². The zero-order valence-electron chi connectivity index (χ0n) is 12.5. The molecule has 106 valence electrons. The predicted molar refractivity (Wildman–Crippen MR) is 71.4 cm³/mol. The summed E-state index contributed by atoms with van der Waals surface area (Å²) in [5.74, 6) is 0.150. The molecule has 1 rings (SSSR count). The monoisotopic (exact) mass is 257 g/mol. The van der Waals surface area contributed by atoms with Crippen molar-refractivity contribution in [2.75, 3.05) is 13.1 Å². The van der Waals surface area contributed by atoms with Gasteiger partial charge in [0.15, 0.2) is 0 Å². The maximum Gasteiger partial charge on any atom is 0.410 e. The summed E-state index contributed by atoms with van der Waals surface area (Å²) in [6.07, 6.45) is 0.155. The van der Waals surface area contributed by atoms with Crippen LogP contribution in [0.3, 0.4) is 0 Å². The lowest BCUT2D eigenvalue weighted by Gasteiger charge is -2.25. The van der Waals surface area contributed by atoms with E-state index in [1.807, 2.05) is 20.8 Å². The second-order valence-corrected chi connectivity index (χ2v) is 7.48. The lowest BCUT2D eigenvalue weighted by Crippen LogP contribution is -2.35. The van der Waals surface area contributed by atoms with Crippen molar-refractivity contribution in [3.8, 4) is 0 Å². The van der Waals surface area contributed by atoms with Gasteiger partial charge in [-0.3, -0.25) is 0 Å². The van der Waals surface area contributed by atoms with E-state index in [-0.39, 0.29) is 17.4 Å². The van der Waals surface area contributed by atoms with Crippen LogP contribution in [0.15, 0.2) is 0 Å². The molecule has 1 aliphatic rings. The number of carbonyl (C=O) groups excluding carboxylic acids is 1. The average molecular weight is 257 g/mol. The van der Waals surface area contributed by atoms with Crippen LogP contribution in [0.5, 0.6) is 0 Å². The Morgan fingerprint density at radius 1 is 1.22 bits per heavy atom. The fourth-order valence-electron chi connectivity index (χ4n) is 2.32. The standard InChI is InChI=1S/C14H27NO3/c1-13(2,3)7-10-8-15(9-11(10)16)12(17)18-14(4,5)6/h10-11,16H,7-9H2,1-6H3/t10-,11-/m1/s1. The zero-order chi connectivity index (χ0) is 14.1. The first-order valence-corrected chi connectivity index (χ1v) is 6.64. The van der Waals surface area contributed by atoms with Gasteiger partial charge in [0.2, 0.25) is 0 Å². The minimum Gasteiger partial charge on any atom is -0.444 e. The minimum atomic E-state index is -0.482. The van der Waals surface area contributed by atoms with Crippen LogP contribution in [0, 0.1) is 11.3 Å². The molecule has 1 fully saturated rings. The largest absolute Gasteiger partial charge is 0.444 e. The van der Waals surface area contributed by atoms with Crippen LogP contribution >= 0.6 is 0 Å². The third-order valence-electron chi connectivity index (χ3n) is 2.93. The van der Waals surface area contributed by atoms with Crippen LogP contribution in [0.25, 0.3) is 0 Å². The van der Waals surface area contributed by atoms with Gasteiger partial charge in [0.25, 0.3) is 0 Å². The van der Waals surface area contributed by atoms with Crippen molar-refractivity contribution in [3.05, 3.63) is 0 Å². The summed E-state index contributed by atoms with van der Waals surface area (Å²) in [6.45, 7) is 13.0. The Morgan fingerprint density at radius 3 is 2.22 bits per heavy atom. The van der Waals surface area contributed by atoms with Crippen LogP contribution in [0.1, 0.15) is 48.0 Å². The molecule has 0 spiro atoms. The van der Waals surface area contributed by atoms with Crippen LogP contribution < -0.4 is 0 Å². The number of amides is 1. The highest BCUT2D eigenvalue weighted by atomic mass is 16.6. The fraction of sp³-hybridized carbons (Fsp3) is 0.929. The molecule has 1 saturated heterocycles. The molecule has 2 atom stereocenters. The highest BCUT2D eigenvalue weighted by molar-refractivity contribution is 5.68. The SMILES string of the molecule is CC(C)(C)C[C@@H]1CN(C(=O)OC(C)(C)C)C[C@H]1O. The van der Waals surface area contributed by atoms with E-state index < -0.39 is 11.7 Å². The Hall–Kier alpha value is -0.770. The highest BCUT2D eigenvalue weighted by Gasteiger charge is 2.37. The maximum absolute atomic E-state index is 11.9. The topological polar surface area (TPSA) is 49.8 Å². The second-order valence-electron chi connectivity index (χ2n) is 7.48. The van der Waals surface area contributed by atoms with E-state index in [1.165, 1.54) is 0 Å². The summed E-state index contributed by atoms with van der Waals surface area (Å²) >= 11 is 0. The quantitative estimate of drug-likeness (QED) is 0.785. The van der Waals surface area contributed by atoms with Crippen LogP contribution in [-0.2, 0) is 4.74 Å². The maximum atomic E-state index is 11.9. The number of nitrogens with zero attached hydrogens (tertiary/aromatic N) is 1. The minimum absolute atomic E-state index is 0.150. The van der Waals surface area contributed by atoms with E-state index >= 15 is 0 Å². The van der Waals surface area contributed by atoms with Crippen molar-refractivity contribution >= 4 is 6.09 Å². The first-order chi connectivity index (χ1) is 7.98. The summed E-state index contributed by atoms with van der Waals surface area (Å²) in [7, 11) is 0. The zero-order valence-corrected chi connectivity index (χ0v) is 12.5. The van der Waals surface area contributed by atoms with Gasteiger partial charge < -0.3 is 14.7 Å². The molecule has 0 aromatic carbocycles. The van der Waals surface area contributed by atoms with Crippen LogP contribution in [0.4, 0.5) is 4.79 Å². The third kappa shape index (κ3) is 4.84. The number of ether oxygens (including phenoxy) is 1. The Labute approximate surface area is 110 Å². The molecule has 1 heterocycles. The molecular formula is C14H27NO3.